The third kappa shape index (κ3) is 1.88. The molecule has 3 N–H and O–H groups in total. The predicted octanol–water partition coefficient (Wildman–Crippen LogP) is 1.89. The molecule has 2 rings (SSSR count). The number of carbonyl (C=O) groups excluding carboxylic acids is 1. The number of benzene rings is 1. The van der Waals surface area contributed by atoms with E-state index in [9.17, 15) is 4.79 Å². The van der Waals surface area contributed by atoms with Crippen LogP contribution in [-0.2, 0) is 6.42 Å². The third-order valence-corrected chi connectivity index (χ3v) is 2.35. The van der Waals surface area contributed by atoms with Gasteiger partial charge in [0.1, 0.15) is 11.4 Å². The smallest absolute Gasteiger partial charge is 0.316 e. The van der Waals surface area contributed by atoms with Crippen LogP contribution in [0.2, 0.25) is 0 Å². The number of para-hydroxylation sites is 1. The van der Waals surface area contributed by atoms with Gasteiger partial charge in [-0.3, -0.25) is 0 Å². The lowest BCUT2D eigenvalue weighted by atomic mass is 10.0. The fourth-order valence-electron chi connectivity index (χ4n) is 1.85. The molecule has 1 aromatic carbocycles. The monoisotopic (exact) mass is 206 g/mol. The number of ether oxygens (including phenoxy) is 1. The summed E-state index contributed by atoms with van der Waals surface area (Å²) in [4.78, 5) is 10.8. The average Bonchev–Trinajstić information content (AvgIpc) is 2.39. The molecule has 0 aromatic heterocycles. The Labute approximate surface area is 88.4 Å². The van der Waals surface area contributed by atoms with E-state index in [2.05, 4.69) is 5.32 Å². The number of hydrogen-bond donors (Lipinski definition) is 2. The van der Waals surface area contributed by atoms with Gasteiger partial charge < -0.3 is 15.8 Å². The van der Waals surface area contributed by atoms with Crippen molar-refractivity contribution in [2.24, 2.45) is 5.73 Å². The maximum absolute atomic E-state index is 10.8. The van der Waals surface area contributed by atoms with Gasteiger partial charge in [0, 0.05) is 12.0 Å². The molecule has 0 radical (unpaired) electrons. The van der Waals surface area contributed by atoms with Gasteiger partial charge in [-0.2, -0.15) is 0 Å². The van der Waals surface area contributed by atoms with Crippen LogP contribution < -0.4 is 15.8 Å². The number of nitrogens with one attached hydrogen (secondary N) is 1. The summed E-state index contributed by atoms with van der Waals surface area (Å²) in [6.07, 6.45) is 0.844. The van der Waals surface area contributed by atoms with Gasteiger partial charge in [-0.05, 0) is 19.9 Å². The fraction of sp³-hybridized carbons (Fsp3) is 0.364. The van der Waals surface area contributed by atoms with E-state index in [4.69, 9.17) is 10.5 Å². The zero-order valence-corrected chi connectivity index (χ0v) is 8.83. The molecule has 0 aliphatic carbocycles. The third-order valence-electron chi connectivity index (χ3n) is 2.35. The zero-order chi connectivity index (χ0) is 11.1. The van der Waals surface area contributed by atoms with E-state index in [1.54, 1.807) is 6.07 Å². The molecule has 0 spiro atoms. The molecule has 80 valence electrons. The van der Waals surface area contributed by atoms with Crippen molar-refractivity contribution in [1.82, 2.24) is 0 Å². The SMILES string of the molecule is CC1(C)Cc2cccc(NC(N)=O)c2O1. The maximum atomic E-state index is 10.8. The molecule has 0 atom stereocenters. The highest BCUT2D eigenvalue weighted by molar-refractivity contribution is 5.90. The molecule has 1 heterocycles. The van der Waals surface area contributed by atoms with Gasteiger partial charge in [-0.25, -0.2) is 4.79 Å². The number of primary amides is 1. The van der Waals surface area contributed by atoms with Crippen LogP contribution >= 0.6 is 0 Å². The molecular weight excluding hydrogens is 192 g/mol. The van der Waals surface area contributed by atoms with Crippen LogP contribution in [0.25, 0.3) is 0 Å². The number of rotatable bonds is 1. The summed E-state index contributed by atoms with van der Waals surface area (Å²) in [5.74, 6) is 0.737. The second-order valence-electron chi connectivity index (χ2n) is 4.32. The van der Waals surface area contributed by atoms with Gasteiger partial charge in [0.25, 0.3) is 0 Å². The quantitative estimate of drug-likeness (QED) is 0.737. The van der Waals surface area contributed by atoms with Crippen LogP contribution in [0.1, 0.15) is 19.4 Å². The lowest BCUT2D eigenvalue weighted by Gasteiger charge is -2.18. The van der Waals surface area contributed by atoms with Gasteiger partial charge in [-0.15, -0.1) is 0 Å². The second-order valence-corrected chi connectivity index (χ2v) is 4.32. The van der Waals surface area contributed by atoms with Crippen molar-refractivity contribution in [1.29, 1.82) is 0 Å². The molecule has 4 nitrogen and oxygen atoms in total. The number of anilines is 1. The first-order chi connectivity index (χ1) is 6.98. The minimum Gasteiger partial charge on any atom is -0.485 e. The van der Waals surface area contributed by atoms with Gasteiger partial charge in [0.15, 0.2) is 0 Å². The van der Waals surface area contributed by atoms with Crippen molar-refractivity contribution < 1.29 is 9.53 Å². The largest absolute Gasteiger partial charge is 0.485 e. The summed E-state index contributed by atoms with van der Waals surface area (Å²) in [5, 5.41) is 2.56. The molecule has 1 aromatic rings. The highest BCUT2D eigenvalue weighted by Gasteiger charge is 2.31. The van der Waals surface area contributed by atoms with Crippen molar-refractivity contribution in [3.63, 3.8) is 0 Å². The maximum Gasteiger partial charge on any atom is 0.316 e. The summed E-state index contributed by atoms with van der Waals surface area (Å²) >= 11 is 0. The molecule has 4 heteroatoms. The minimum atomic E-state index is -0.572. The van der Waals surface area contributed by atoms with Crippen LogP contribution in [0.5, 0.6) is 5.75 Å². The van der Waals surface area contributed by atoms with Gasteiger partial charge >= 0.3 is 6.03 Å². The Hall–Kier alpha value is -1.71. The van der Waals surface area contributed by atoms with E-state index in [1.165, 1.54) is 0 Å². The Bertz CT molecular complexity index is 413. The molecule has 1 aliphatic rings. The lowest BCUT2D eigenvalue weighted by molar-refractivity contribution is 0.139. The Balaban J connectivity index is 2.37. The predicted molar refractivity (Wildman–Crippen MR) is 58.1 cm³/mol. The molecule has 2 amide bonds. The number of nitrogens with two attached hydrogens (primary N) is 1. The van der Waals surface area contributed by atoms with Crippen molar-refractivity contribution in [3.05, 3.63) is 23.8 Å². The van der Waals surface area contributed by atoms with Crippen molar-refractivity contribution in [3.8, 4) is 5.75 Å². The number of amides is 2. The molecule has 0 bridgehead atoms. The van der Waals surface area contributed by atoms with Gasteiger partial charge in [0.05, 0.1) is 5.69 Å². The standard InChI is InChI=1S/C11H14N2O2/c1-11(2)6-7-4-3-5-8(9(7)15-11)13-10(12)14/h3-5H,6H2,1-2H3,(H3,12,13,14). The number of fused-ring (bicyclic) bond motifs is 1. The normalized spacial score (nSPS) is 16.7. The summed E-state index contributed by atoms with van der Waals surface area (Å²) < 4.78 is 5.76. The number of hydrogen-bond acceptors (Lipinski definition) is 2. The van der Waals surface area contributed by atoms with Crippen molar-refractivity contribution in [2.75, 3.05) is 5.32 Å². The van der Waals surface area contributed by atoms with Crippen LogP contribution in [0.3, 0.4) is 0 Å². The Kier molecular flexibility index (Phi) is 2.07. The highest BCUT2D eigenvalue weighted by atomic mass is 16.5. The molecule has 0 saturated heterocycles. The summed E-state index contributed by atoms with van der Waals surface area (Å²) in [7, 11) is 0. The molecule has 15 heavy (non-hydrogen) atoms. The van der Waals surface area contributed by atoms with Crippen LogP contribution in [0, 0.1) is 0 Å². The summed E-state index contributed by atoms with van der Waals surface area (Å²) in [6.45, 7) is 4.03. The topological polar surface area (TPSA) is 64.3 Å². The minimum absolute atomic E-state index is 0.211. The van der Waals surface area contributed by atoms with E-state index in [0.717, 1.165) is 17.7 Å². The van der Waals surface area contributed by atoms with Crippen LogP contribution in [0.15, 0.2) is 18.2 Å². The first-order valence-corrected chi connectivity index (χ1v) is 4.85. The summed E-state index contributed by atoms with van der Waals surface area (Å²) in [6, 6.07) is 5.09. The van der Waals surface area contributed by atoms with E-state index >= 15 is 0 Å². The Morgan fingerprint density at radius 3 is 2.93 bits per heavy atom. The molecule has 0 unspecified atom stereocenters. The Morgan fingerprint density at radius 2 is 2.27 bits per heavy atom. The molecular formula is C11H14N2O2. The zero-order valence-electron chi connectivity index (χ0n) is 8.83. The molecule has 0 fully saturated rings. The lowest BCUT2D eigenvalue weighted by Crippen LogP contribution is -2.25. The van der Waals surface area contributed by atoms with E-state index in [0.29, 0.717) is 5.69 Å². The van der Waals surface area contributed by atoms with E-state index in [1.807, 2.05) is 26.0 Å². The van der Waals surface area contributed by atoms with Gasteiger partial charge in [-0.1, -0.05) is 12.1 Å². The Morgan fingerprint density at radius 1 is 1.53 bits per heavy atom. The first kappa shape index (κ1) is 9.83. The number of carbonyl (C=O) groups is 1. The molecule has 1 aliphatic heterocycles. The van der Waals surface area contributed by atoms with Crippen molar-refractivity contribution in [2.45, 2.75) is 25.9 Å². The van der Waals surface area contributed by atoms with E-state index < -0.39 is 6.03 Å². The average molecular weight is 206 g/mol. The second kappa shape index (κ2) is 3.15. The van der Waals surface area contributed by atoms with Gasteiger partial charge in [0.2, 0.25) is 0 Å². The molecule has 0 saturated carbocycles. The highest BCUT2D eigenvalue weighted by Crippen LogP contribution is 2.40. The first-order valence-electron chi connectivity index (χ1n) is 4.85. The fourth-order valence-corrected chi connectivity index (χ4v) is 1.85. The van der Waals surface area contributed by atoms with Crippen LogP contribution in [-0.4, -0.2) is 11.6 Å². The number of urea groups is 1. The summed E-state index contributed by atoms with van der Waals surface area (Å²) in [5.41, 5.74) is 6.62. The van der Waals surface area contributed by atoms with Crippen molar-refractivity contribution >= 4 is 11.7 Å². The van der Waals surface area contributed by atoms with E-state index in [-0.39, 0.29) is 5.60 Å². The van der Waals surface area contributed by atoms with Crippen LogP contribution in [0.4, 0.5) is 10.5 Å².